The van der Waals surface area contributed by atoms with Gasteiger partial charge in [0.05, 0.1) is 17.3 Å². The van der Waals surface area contributed by atoms with E-state index in [-0.39, 0.29) is 18.0 Å². The number of benzene rings is 1. The van der Waals surface area contributed by atoms with E-state index in [0.29, 0.717) is 23.4 Å². The van der Waals surface area contributed by atoms with E-state index in [1.165, 1.54) is 19.1 Å². The third-order valence-electron chi connectivity index (χ3n) is 5.10. The normalized spacial score (nSPS) is 21.3. The summed E-state index contributed by atoms with van der Waals surface area (Å²) in [5.74, 6) is 0.685. The first-order valence-electron chi connectivity index (χ1n) is 8.87. The minimum atomic E-state index is -4.36. The Morgan fingerprint density at radius 2 is 1.89 bits per heavy atom. The zero-order valence-electron chi connectivity index (χ0n) is 15.0. The number of carbonyl (C=O) groups is 1. The number of carbonyl (C=O) groups excluding carboxylic acids is 1. The van der Waals surface area contributed by atoms with Crippen LogP contribution in [0.25, 0.3) is 0 Å². The second-order valence-corrected chi connectivity index (χ2v) is 7.88. The molecular weight excluding hydrogens is 437 g/mol. The molecule has 3 heterocycles. The number of alkyl halides is 3. The van der Waals surface area contributed by atoms with Crippen LogP contribution in [0.2, 0.25) is 0 Å². The summed E-state index contributed by atoms with van der Waals surface area (Å²) < 4.78 is 39.4. The first-order chi connectivity index (χ1) is 13.2. The molecule has 1 fully saturated rings. The standard InChI is InChI=1S/C19H18BrF3N4O/c1-11(28)24-13-8-15-10-26(14-4-2-12(3-5-14)19(21,22)23)16-6-7-17(20)25-18(16)27(15)9-13/h2-7,13,15H,8-10H2,1H3,(H,24,28)/t13-,15-/m1/s1. The minimum Gasteiger partial charge on any atom is -0.352 e. The Kier molecular flexibility index (Phi) is 4.73. The van der Waals surface area contributed by atoms with E-state index in [9.17, 15) is 18.0 Å². The molecule has 5 nitrogen and oxygen atoms in total. The fraction of sp³-hybridized carbons (Fsp3) is 0.368. The average molecular weight is 455 g/mol. The van der Waals surface area contributed by atoms with Crippen LogP contribution < -0.4 is 15.1 Å². The molecule has 4 rings (SSSR count). The van der Waals surface area contributed by atoms with Crippen LogP contribution in [0.3, 0.4) is 0 Å². The lowest BCUT2D eigenvalue weighted by Crippen LogP contribution is -2.44. The third-order valence-corrected chi connectivity index (χ3v) is 5.55. The van der Waals surface area contributed by atoms with Gasteiger partial charge in [-0.1, -0.05) is 0 Å². The van der Waals surface area contributed by atoms with Gasteiger partial charge in [-0.2, -0.15) is 13.2 Å². The van der Waals surface area contributed by atoms with Gasteiger partial charge in [0.15, 0.2) is 5.82 Å². The number of amides is 1. The van der Waals surface area contributed by atoms with Gasteiger partial charge in [-0.3, -0.25) is 4.79 Å². The summed E-state index contributed by atoms with van der Waals surface area (Å²) in [6.07, 6.45) is -3.61. The van der Waals surface area contributed by atoms with E-state index < -0.39 is 11.7 Å². The van der Waals surface area contributed by atoms with Crippen LogP contribution in [0.5, 0.6) is 0 Å². The second kappa shape index (κ2) is 6.95. The fourth-order valence-corrected chi connectivity index (χ4v) is 4.27. The number of aromatic nitrogens is 1. The average Bonchev–Trinajstić information content (AvgIpc) is 3.02. The van der Waals surface area contributed by atoms with Crippen LogP contribution in [0.1, 0.15) is 18.9 Å². The van der Waals surface area contributed by atoms with Gasteiger partial charge < -0.3 is 15.1 Å². The predicted octanol–water partition coefficient (Wildman–Crippen LogP) is 4.10. The first-order valence-corrected chi connectivity index (χ1v) is 9.67. The molecule has 0 unspecified atom stereocenters. The Hall–Kier alpha value is -2.29. The Labute approximate surface area is 168 Å². The van der Waals surface area contributed by atoms with Crippen molar-refractivity contribution in [2.24, 2.45) is 0 Å². The van der Waals surface area contributed by atoms with Crippen LogP contribution in [-0.4, -0.2) is 36.1 Å². The van der Waals surface area contributed by atoms with Gasteiger partial charge in [-0.05, 0) is 58.7 Å². The lowest BCUT2D eigenvalue weighted by atomic mass is 10.1. The molecule has 1 aromatic heterocycles. The molecule has 1 saturated heterocycles. The van der Waals surface area contributed by atoms with Gasteiger partial charge in [0.2, 0.25) is 5.91 Å². The molecule has 28 heavy (non-hydrogen) atoms. The number of hydrogen-bond acceptors (Lipinski definition) is 4. The van der Waals surface area contributed by atoms with Crippen molar-refractivity contribution in [1.29, 1.82) is 0 Å². The summed E-state index contributed by atoms with van der Waals surface area (Å²) >= 11 is 3.40. The lowest BCUT2D eigenvalue weighted by Gasteiger charge is -2.40. The number of anilines is 3. The Bertz CT molecular complexity index is 903. The number of halogens is 4. The highest BCUT2D eigenvalue weighted by atomic mass is 79.9. The van der Waals surface area contributed by atoms with Gasteiger partial charge >= 0.3 is 6.18 Å². The summed E-state index contributed by atoms with van der Waals surface area (Å²) in [4.78, 5) is 20.2. The van der Waals surface area contributed by atoms with Crippen LogP contribution in [0.15, 0.2) is 41.0 Å². The summed E-state index contributed by atoms with van der Waals surface area (Å²) in [7, 11) is 0. The number of nitrogens with one attached hydrogen (secondary N) is 1. The van der Waals surface area contributed by atoms with Crippen molar-refractivity contribution in [2.45, 2.75) is 31.6 Å². The molecule has 1 N–H and O–H groups in total. The topological polar surface area (TPSA) is 48.5 Å². The molecule has 2 aliphatic rings. The Morgan fingerprint density at radius 3 is 2.54 bits per heavy atom. The number of fused-ring (bicyclic) bond motifs is 3. The molecular formula is C19H18BrF3N4O. The summed E-state index contributed by atoms with van der Waals surface area (Å²) in [5, 5.41) is 2.96. The van der Waals surface area contributed by atoms with Crippen LogP contribution in [-0.2, 0) is 11.0 Å². The smallest absolute Gasteiger partial charge is 0.352 e. The third kappa shape index (κ3) is 3.55. The molecule has 2 atom stereocenters. The summed E-state index contributed by atoms with van der Waals surface area (Å²) in [6.45, 7) is 2.76. The minimum absolute atomic E-state index is 0.0173. The van der Waals surface area contributed by atoms with Crippen molar-refractivity contribution in [3.63, 3.8) is 0 Å². The quantitative estimate of drug-likeness (QED) is 0.694. The van der Waals surface area contributed by atoms with Crippen molar-refractivity contribution < 1.29 is 18.0 Å². The lowest BCUT2D eigenvalue weighted by molar-refractivity contribution is -0.137. The Balaban J connectivity index is 1.69. The van der Waals surface area contributed by atoms with E-state index in [0.717, 1.165) is 30.1 Å². The number of pyridine rings is 1. The number of nitrogens with zero attached hydrogens (tertiary/aromatic N) is 3. The van der Waals surface area contributed by atoms with Gasteiger partial charge in [-0.15, -0.1) is 0 Å². The maximum atomic E-state index is 12.9. The van der Waals surface area contributed by atoms with E-state index in [1.54, 1.807) is 0 Å². The van der Waals surface area contributed by atoms with Gasteiger partial charge in [0.1, 0.15) is 4.60 Å². The molecule has 0 saturated carbocycles. The molecule has 148 valence electrons. The van der Waals surface area contributed by atoms with Crippen molar-refractivity contribution in [1.82, 2.24) is 10.3 Å². The zero-order chi connectivity index (χ0) is 20.1. The molecule has 1 aromatic carbocycles. The highest BCUT2D eigenvalue weighted by Gasteiger charge is 2.40. The van der Waals surface area contributed by atoms with Crippen molar-refractivity contribution in [3.8, 4) is 0 Å². The van der Waals surface area contributed by atoms with E-state index in [4.69, 9.17) is 0 Å². The highest BCUT2D eigenvalue weighted by molar-refractivity contribution is 9.10. The van der Waals surface area contributed by atoms with Crippen molar-refractivity contribution in [3.05, 3.63) is 46.6 Å². The summed E-state index contributed by atoms with van der Waals surface area (Å²) in [5.41, 5.74) is 0.847. The van der Waals surface area contributed by atoms with Crippen LogP contribution in [0.4, 0.5) is 30.4 Å². The SMILES string of the molecule is CC(=O)N[C@@H]1C[C@@H]2CN(c3ccc(C(F)(F)F)cc3)c3ccc(Br)nc3N2C1. The Morgan fingerprint density at radius 1 is 1.18 bits per heavy atom. The number of rotatable bonds is 2. The van der Waals surface area contributed by atoms with Crippen LogP contribution >= 0.6 is 15.9 Å². The fourth-order valence-electron chi connectivity index (χ4n) is 3.97. The molecule has 0 bridgehead atoms. The van der Waals surface area contributed by atoms with Gasteiger partial charge in [0, 0.05) is 31.7 Å². The monoisotopic (exact) mass is 454 g/mol. The van der Waals surface area contributed by atoms with E-state index in [1.807, 2.05) is 17.0 Å². The van der Waals surface area contributed by atoms with Gasteiger partial charge in [-0.25, -0.2) is 4.98 Å². The zero-order valence-corrected chi connectivity index (χ0v) is 16.6. The molecule has 0 spiro atoms. The maximum Gasteiger partial charge on any atom is 0.416 e. The summed E-state index contributed by atoms with van der Waals surface area (Å²) in [6, 6.07) is 9.03. The number of hydrogen-bond donors (Lipinski definition) is 1. The molecule has 1 amide bonds. The predicted molar refractivity (Wildman–Crippen MR) is 104 cm³/mol. The second-order valence-electron chi connectivity index (χ2n) is 7.07. The molecule has 2 aromatic rings. The molecule has 2 aliphatic heterocycles. The van der Waals surface area contributed by atoms with Crippen molar-refractivity contribution in [2.75, 3.05) is 22.9 Å². The van der Waals surface area contributed by atoms with E-state index in [2.05, 4.69) is 31.1 Å². The van der Waals surface area contributed by atoms with Crippen LogP contribution in [0, 0.1) is 0 Å². The molecule has 9 heteroatoms. The van der Waals surface area contributed by atoms with Gasteiger partial charge in [0.25, 0.3) is 0 Å². The molecule has 0 aliphatic carbocycles. The first kappa shape index (κ1) is 19.0. The maximum absolute atomic E-state index is 12.9. The van der Waals surface area contributed by atoms with Crippen molar-refractivity contribution >= 4 is 39.0 Å². The largest absolute Gasteiger partial charge is 0.416 e. The molecule has 0 radical (unpaired) electrons. The van der Waals surface area contributed by atoms with E-state index >= 15 is 0 Å². The highest BCUT2D eigenvalue weighted by Crippen LogP contribution is 2.42.